The van der Waals surface area contributed by atoms with Crippen molar-refractivity contribution in [1.82, 2.24) is 10.3 Å². The highest BCUT2D eigenvalue weighted by atomic mass is 32.1. The van der Waals surface area contributed by atoms with Gasteiger partial charge in [-0.1, -0.05) is 30.3 Å². The molecule has 110 valence electrons. The van der Waals surface area contributed by atoms with E-state index in [1.165, 1.54) is 10.4 Å². The fourth-order valence-corrected chi connectivity index (χ4v) is 3.68. The summed E-state index contributed by atoms with van der Waals surface area (Å²) in [5.41, 5.74) is 8.06. The molecule has 1 aromatic carbocycles. The van der Waals surface area contributed by atoms with Crippen molar-refractivity contribution in [3.8, 4) is 0 Å². The van der Waals surface area contributed by atoms with Crippen LogP contribution >= 0.6 is 11.3 Å². The van der Waals surface area contributed by atoms with Crippen LogP contribution in [0.25, 0.3) is 0 Å². The van der Waals surface area contributed by atoms with E-state index < -0.39 is 0 Å². The maximum absolute atomic E-state index is 12.1. The molecule has 21 heavy (non-hydrogen) atoms. The molecule has 3 N–H and O–H groups in total. The molecule has 1 aliphatic rings. The summed E-state index contributed by atoms with van der Waals surface area (Å²) in [5.74, 6) is 0.129. The molecule has 0 aliphatic heterocycles. The number of nitrogens with zero attached hydrogens (tertiary/aromatic N) is 1. The molecule has 4 nitrogen and oxygen atoms in total. The SMILES string of the molecule is Nc1nc2c(s1)CC(NC(=O)CCc1ccccc1)CC2. The Balaban J connectivity index is 1.50. The molecule has 1 atom stereocenters. The van der Waals surface area contributed by atoms with Crippen LogP contribution < -0.4 is 11.1 Å². The molecule has 0 bridgehead atoms. The number of rotatable bonds is 4. The maximum Gasteiger partial charge on any atom is 0.220 e. The molecule has 5 heteroatoms. The molecule has 0 radical (unpaired) electrons. The van der Waals surface area contributed by atoms with Gasteiger partial charge in [-0.15, -0.1) is 11.3 Å². The fourth-order valence-electron chi connectivity index (χ4n) is 2.72. The number of thiazole rings is 1. The topological polar surface area (TPSA) is 68.0 Å². The Hall–Kier alpha value is -1.88. The summed E-state index contributed by atoms with van der Waals surface area (Å²) < 4.78 is 0. The number of nitrogens with two attached hydrogens (primary N) is 1. The first kappa shape index (κ1) is 14.1. The monoisotopic (exact) mass is 301 g/mol. The third-order valence-electron chi connectivity index (χ3n) is 3.80. The summed E-state index contributed by atoms with van der Waals surface area (Å²) >= 11 is 1.55. The normalized spacial score (nSPS) is 17.2. The molecule has 0 saturated carbocycles. The van der Waals surface area contributed by atoms with Crippen LogP contribution in [0.5, 0.6) is 0 Å². The molecular weight excluding hydrogens is 282 g/mol. The van der Waals surface area contributed by atoms with E-state index >= 15 is 0 Å². The van der Waals surface area contributed by atoms with Gasteiger partial charge in [0, 0.05) is 23.8 Å². The number of carbonyl (C=O) groups excluding carboxylic acids is 1. The third kappa shape index (κ3) is 3.61. The summed E-state index contributed by atoms with van der Waals surface area (Å²) in [6.45, 7) is 0. The smallest absolute Gasteiger partial charge is 0.220 e. The van der Waals surface area contributed by atoms with Crippen LogP contribution in [0.2, 0.25) is 0 Å². The highest BCUT2D eigenvalue weighted by Gasteiger charge is 2.23. The van der Waals surface area contributed by atoms with E-state index in [4.69, 9.17) is 5.73 Å². The standard InChI is InChI=1S/C16H19N3OS/c17-16-19-13-8-7-12(10-14(13)21-16)18-15(20)9-6-11-4-2-1-3-5-11/h1-5,12H,6-10H2,(H2,17,19)(H,18,20). The van der Waals surface area contributed by atoms with Crippen LogP contribution in [-0.4, -0.2) is 16.9 Å². The number of carbonyl (C=O) groups is 1. The average molecular weight is 301 g/mol. The highest BCUT2D eigenvalue weighted by molar-refractivity contribution is 7.15. The van der Waals surface area contributed by atoms with E-state index in [-0.39, 0.29) is 11.9 Å². The molecule has 0 spiro atoms. The van der Waals surface area contributed by atoms with Gasteiger partial charge in [0.05, 0.1) is 5.69 Å². The second-order valence-corrected chi connectivity index (χ2v) is 6.53. The number of aryl methyl sites for hydroxylation is 2. The summed E-state index contributed by atoms with van der Waals surface area (Å²) in [5, 5.41) is 3.77. The Morgan fingerprint density at radius 3 is 3.00 bits per heavy atom. The molecule has 2 aromatic rings. The number of aromatic nitrogens is 1. The summed E-state index contributed by atoms with van der Waals surface area (Å²) in [6.07, 6.45) is 4.05. The molecule has 1 heterocycles. The zero-order valence-corrected chi connectivity index (χ0v) is 12.7. The van der Waals surface area contributed by atoms with E-state index in [0.29, 0.717) is 11.6 Å². The summed E-state index contributed by atoms with van der Waals surface area (Å²) in [7, 11) is 0. The highest BCUT2D eigenvalue weighted by Crippen LogP contribution is 2.28. The van der Waals surface area contributed by atoms with Gasteiger partial charge in [-0.3, -0.25) is 4.79 Å². The van der Waals surface area contributed by atoms with Gasteiger partial charge in [0.15, 0.2) is 5.13 Å². The van der Waals surface area contributed by atoms with Gasteiger partial charge in [-0.2, -0.15) is 0 Å². The lowest BCUT2D eigenvalue weighted by molar-refractivity contribution is -0.121. The second-order valence-electron chi connectivity index (χ2n) is 5.41. The van der Waals surface area contributed by atoms with Gasteiger partial charge in [-0.05, 0) is 24.8 Å². The lowest BCUT2D eigenvalue weighted by atomic mass is 9.97. The van der Waals surface area contributed by atoms with Crippen molar-refractivity contribution in [2.24, 2.45) is 0 Å². The minimum Gasteiger partial charge on any atom is -0.375 e. The lowest BCUT2D eigenvalue weighted by Gasteiger charge is -2.22. The first-order valence-corrected chi connectivity index (χ1v) is 8.09. The average Bonchev–Trinajstić information content (AvgIpc) is 2.85. The van der Waals surface area contributed by atoms with Crippen LogP contribution in [0.3, 0.4) is 0 Å². The van der Waals surface area contributed by atoms with E-state index in [2.05, 4.69) is 22.4 Å². The van der Waals surface area contributed by atoms with Crippen molar-refractivity contribution in [2.75, 3.05) is 5.73 Å². The summed E-state index contributed by atoms with van der Waals surface area (Å²) in [4.78, 5) is 17.6. The van der Waals surface area contributed by atoms with Crippen LogP contribution in [0.1, 0.15) is 29.0 Å². The van der Waals surface area contributed by atoms with Crippen molar-refractivity contribution in [3.63, 3.8) is 0 Å². The molecule has 1 aliphatic carbocycles. The van der Waals surface area contributed by atoms with Crippen molar-refractivity contribution >= 4 is 22.4 Å². The predicted molar refractivity (Wildman–Crippen MR) is 85.2 cm³/mol. The van der Waals surface area contributed by atoms with Gasteiger partial charge in [0.1, 0.15) is 0 Å². The first-order chi connectivity index (χ1) is 10.2. The number of hydrogen-bond donors (Lipinski definition) is 2. The molecule has 1 amide bonds. The van der Waals surface area contributed by atoms with Gasteiger partial charge in [-0.25, -0.2) is 4.98 Å². The van der Waals surface area contributed by atoms with Crippen LogP contribution in [-0.2, 0) is 24.1 Å². The number of benzene rings is 1. The van der Waals surface area contributed by atoms with Crippen LogP contribution in [0.15, 0.2) is 30.3 Å². The molecule has 1 aromatic heterocycles. The van der Waals surface area contributed by atoms with E-state index in [9.17, 15) is 4.79 Å². The number of hydrogen-bond acceptors (Lipinski definition) is 4. The Morgan fingerprint density at radius 2 is 2.19 bits per heavy atom. The lowest BCUT2D eigenvalue weighted by Crippen LogP contribution is -2.38. The molecular formula is C16H19N3OS. The second kappa shape index (κ2) is 6.26. The van der Waals surface area contributed by atoms with Gasteiger partial charge in [0.2, 0.25) is 5.91 Å². The fraction of sp³-hybridized carbons (Fsp3) is 0.375. The predicted octanol–water partition coefficient (Wildman–Crippen LogP) is 2.33. The van der Waals surface area contributed by atoms with Gasteiger partial charge in [0.25, 0.3) is 0 Å². The van der Waals surface area contributed by atoms with Crippen LogP contribution in [0.4, 0.5) is 5.13 Å². The zero-order chi connectivity index (χ0) is 14.7. The van der Waals surface area contributed by atoms with Crippen molar-refractivity contribution in [1.29, 1.82) is 0 Å². The number of amides is 1. The first-order valence-electron chi connectivity index (χ1n) is 7.28. The number of fused-ring (bicyclic) bond motifs is 1. The Morgan fingerprint density at radius 1 is 1.38 bits per heavy atom. The van der Waals surface area contributed by atoms with Crippen molar-refractivity contribution < 1.29 is 4.79 Å². The van der Waals surface area contributed by atoms with E-state index in [1.54, 1.807) is 11.3 Å². The maximum atomic E-state index is 12.1. The molecule has 0 saturated heterocycles. The Bertz CT molecular complexity index is 624. The van der Waals surface area contributed by atoms with E-state index in [0.717, 1.165) is 31.4 Å². The van der Waals surface area contributed by atoms with Crippen molar-refractivity contribution in [3.05, 3.63) is 46.5 Å². The Kier molecular flexibility index (Phi) is 4.20. The van der Waals surface area contributed by atoms with E-state index in [1.807, 2.05) is 18.2 Å². The number of anilines is 1. The van der Waals surface area contributed by atoms with Crippen molar-refractivity contribution in [2.45, 2.75) is 38.1 Å². The van der Waals surface area contributed by atoms with Gasteiger partial charge < -0.3 is 11.1 Å². The third-order valence-corrected chi connectivity index (χ3v) is 4.75. The molecule has 0 fully saturated rings. The minimum atomic E-state index is 0.129. The quantitative estimate of drug-likeness (QED) is 0.910. The largest absolute Gasteiger partial charge is 0.375 e. The number of nitrogens with one attached hydrogen (secondary N) is 1. The molecule has 1 unspecified atom stereocenters. The van der Waals surface area contributed by atoms with Gasteiger partial charge >= 0.3 is 0 Å². The molecule has 3 rings (SSSR count). The minimum absolute atomic E-state index is 0.129. The summed E-state index contributed by atoms with van der Waals surface area (Å²) in [6, 6.07) is 10.3. The zero-order valence-electron chi connectivity index (χ0n) is 11.8. The number of nitrogen functional groups attached to an aromatic ring is 1. The Labute approximate surface area is 128 Å². The van der Waals surface area contributed by atoms with Crippen LogP contribution in [0, 0.1) is 0 Å².